The van der Waals surface area contributed by atoms with Crippen LogP contribution in [0, 0.1) is 0 Å². The fourth-order valence-electron chi connectivity index (χ4n) is 1.96. The Morgan fingerprint density at radius 1 is 1.41 bits per heavy atom. The van der Waals surface area contributed by atoms with Crippen molar-refractivity contribution in [3.05, 3.63) is 52.0 Å². The van der Waals surface area contributed by atoms with Crippen LogP contribution in [0.2, 0.25) is 10.0 Å². The average Bonchev–Trinajstić information content (AvgIpc) is 2.94. The van der Waals surface area contributed by atoms with Gasteiger partial charge in [0.1, 0.15) is 6.61 Å². The lowest BCUT2D eigenvalue weighted by Crippen LogP contribution is -2.29. The Morgan fingerprint density at radius 3 is 2.82 bits per heavy atom. The largest absolute Gasteiger partial charge is 0.392 e. The first-order chi connectivity index (χ1) is 10.6. The highest BCUT2D eigenvalue weighted by atomic mass is 35.5. The molecule has 0 amide bonds. The Labute approximate surface area is 139 Å². The van der Waals surface area contributed by atoms with E-state index in [1.807, 2.05) is 25.1 Å². The van der Waals surface area contributed by atoms with Crippen LogP contribution < -0.4 is 0 Å². The van der Waals surface area contributed by atoms with Gasteiger partial charge >= 0.3 is 0 Å². The molecule has 1 aromatic rings. The second-order valence-corrected chi connectivity index (χ2v) is 5.49. The van der Waals surface area contributed by atoms with Crippen molar-refractivity contribution in [1.29, 1.82) is 0 Å². The summed E-state index contributed by atoms with van der Waals surface area (Å²) in [7, 11) is 0. The summed E-state index contributed by atoms with van der Waals surface area (Å²) in [6.07, 6.45) is 4.98. The molecule has 1 fully saturated rings. The molecule has 0 spiro atoms. The molecule has 1 saturated heterocycles. The van der Waals surface area contributed by atoms with Gasteiger partial charge in [0.05, 0.1) is 29.5 Å². The van der Waals surface area contributed by atoms with Crippen LogP contribution >= 0.6 is 23.2 Å². The molecule has 2 rings (SSSR count). The van der Waals surface area contributed by atoms with Crippen LogP contribution in [0.25, 0.3) is 6.08 Å². The van der Waals surface area contributed by atoms with E-state index in [4.69, 9.17) is 37.5 Å². The Bertz CT molecular complexity index is 593. The van der Waals surface area contributed by atoms with Crippen molar-refractivity contribution in [2.45, 2.75) is 12.7 Å². The first-order valence-electron chi connectivity index (χ1n) is 6.77. The molecule has 1 aliphatic rings. The zero-order chi connectivity index (χ0) is 16.0. The second-order valence-electron chi connectivity index (χ2n) is 4.70. The molecule has 0 atom stereocenters. The summed E-state index contributed by atoms with van der Waals surface area (Å²) in [5.41, 5.74) is 1.43. The zero-order valence-corrected chi connectivity index (χ0v) is 13.7. The average molecular weight is 342 g/mol. The van der Waals surface area contributed by atoms with Crippen molar-refractivity contribution < 1.29 is 14.3 Å². The van der Waals surface area contributed by atoms with Crippen LogP contribution in [0.5, 0.6) is 0 Å². The van der Waals surface area contributed by atoms with Gasteiger partial charge in [0.15, 0.2) is 5.79 Å². The third-order valence-corrected chi connectivity index (χ3v) is 3.95. The fraction of sp³-hybridized carbons (Fsp3) is 0.312. The molecule has 0 N–H and O–H groups in total. The highest BCUT2D eigenvalue weighted by Gasteiger charge is 2.34. The van der Waals surface area contributed by atoms with Gasteiger partial charge < -0.3 is 14.3 Å². The standard InChI is InChI=1S/C16H17Cl2NO3/c1-3-7-22-19-11-13(16(2)20-8-9-21-16)10-12-5-4-6-14(17)15(12)18/h3-6,10-11H,1,7-9H2,2H3. The molecule has 0 bridgehead atoms. The molecule has 4 nitrogen and oxygen atoms in total. The molecule has 1 aromatic carbocycles. The van der Waals surface area contributed by atoms with Crippen molar-refractivity contribution in [3.63, 3.8) is 0 Å². The normalized spacial score (nSPS) is 17.9. The number of halogens is 2. The molecule has 22 heavy (non-hydrogen) atoms. The highest BCUT2D eigenvalue weighted by Crippen LogP contribution is 2.32. The summed E-state index contributed by atoms with van der Waals surface area (Å²) in [6, 6.07) is 5.40. The quantitative estimate of drug-likeness (QED) is 0.334. The van der Waals surface area contributed by atoms with Crippen LogP contribution in [0.15, 0.2) is 41.6 Å². The Balaban J connectivity index is 2.34. The van der Waals surface area contributed by atoms with E-state index in [0.29, 0.717) is 35.4 Å². The number of hydrogen-bond acceptors (Lipinski definition) is 4. The molecular formula is C16H17Cl2NO3. The lowest BCUT2D eigenvalue weighted by atomic mass is 10.0. The molecule has 1 aliphatic heterocycles. The van der Waals surface area contributed by atoms with Crippen LogP contribution in [0.1, 0.15) is 12.5 Å². The van der Waals surface area contributed by atoms with Gasteiger partial charge in [0.2, 0.25) is 0 Å². The number of hydrogen-bond donors (Lipinski definition) is 0. The van der Waals surface area contributed by atoms with Gasteiger partial charge in [-0.2, -0.15) is 0 Å². The van der Waals surface area contributed by atoms with Gasteiger partial charge in [-0.05, 0) is 24.6 Å². The van der Waals surface area contributed by atoms with Gasteiger partial charge in [0.25, 0.3) is 0 Å². The topological polar surface area (TPSA) is 40.0 Å². The van der Waals surface area contributed by atoms with E-state index in [2.05, 4.69) is 11.7 Å². The number of nitrogens with zero attached hydrogens (tertiary/aromatic N) is 1. The summed E-state index contributed by atoms with van der Waals surface area (Å²) < 4.78 is 11.3. The van der Waals surface area contributed by atoms with Gasteiger partial charge in [-0.25, -0.2) is 0 Å². The highest BCUT2D eigenvalue weighted by molar-refractivity contribution is 6.42. The van der Waals surface area contributed by atoms with Crippen molar-refractivity contribution in [3.8, 4) is 0 Å². The van der Waals surface area contributed by atoms with E-state index in [0.717, 1.165) is 5.56 Å². The third kappa shape index (κ3) is 4.11. The minimum atomic E-state index is -0.896. The maximum Gasteiger partial charge on any atom is 0.193 e. The van der Waals surface area contributed by atoms with Crippen LogP contribution in [0.3, 0.4) is 0 Å². The summed E-state index contributed by atoms with van der Waals surface area (Å²) in [4.78, 5) is 5.05. The van der Waals surface area contributed by atoms with Gasteiger partial charge in [-0.15, -0.1) is 0 Å². The van der Waals surface area contributed by atoms with E-state index >= 15 is 0 Å². The minimum absolute atomic E-state index is 0.320. The lowest BCUT2D eigenvalue weighted by Gasteiger charge is -2.23. The number of benzene rings is 1. The molecule has 0 saturated carbocycles. The maximum atomic E-state index is 6.23. The SMILES string of the molecule is C=CCON=CC(=Cc1cccc(Cl)c1Cl)C1(C)OCCO1. The van der Waals surface area contributed by atoms with E-state index < -0.39 is 5.79 Å². The van der Waals surface area contributed by atoms with E-state index in [9.17, 15) is 0 Å². The van der Waals surface area contributed by atoms with Crippen LogP contribution in [0.4, 0.5) is 0 Å². The Kier molecular flexibility index (Phi) is 6.03. The molecule has 118 valence electrons. The maximum absolute atomic E-state index is 6.23. The molecule has 1 heterocycles. The predicted molar refractivity (Wildman–Crippen MR) is 89.4 cm³/mol. The summed E-state index contributed by atoms with van der Waals surface area (Å²) >= 11 is 12.3. The zero-order valence-electron chi connectivity index (χ0n) is 12.2. The minimum Gasteiger partial charge on any atom is -0.392 e. The monoisotopic (exact) mass is 341 g/mol. The molecule has 6 heteroatoms. The van der Waals surface area contributed by atoms with Crippen molar-refractivity contribution in [2.24, 2.45) is 5.16 Å². The number of ether oxygens (including phenoxy) is 2. The summed E-state index contributed by atoms with van der Waals surface area (Å²) in [5.74, 6) is -0.896. The third-order valence-electron chi connectivity index (χ3n) is 3.11. The van der Waals surface area contributed by atoms with E-state index in [1.54, 1.807) is 18.4 Å². The first kappa shape index (κ1) is 17.0. The van der Waals surface area contributed by atoms with Crippen LogP contribution in [-0.2, 0) is 14.3 Å². The van der Waals surface area contributed by atoms with Crippen LogP contribution in [-0.4, -0.2) is 31.8 Å². The fourth-order valence-corrected chi connectivity index (χ4v) is 2.32. The molecule has 0 aromatic heterocycles. The van der Waals surface area contributed by atoms with Crippen molar-refractivity contribution in [1.82, 2.24) is 0 Å². The van der Waals surface area contributed by atoms with E-state index in [-0.39, 0.29) is 0 Å². The first-order valence-corrected chi connectivity index (χ1v) is 7.53. The molecule has 0 unspecified atom stereocenters. The number of oxime groups is 1. The van der Waals surface area contributed by atoms with E-state index in [1.165, 1.54) is 0 Å². The molecule has 0 radical (unpaired) electrons. The molecular weight excluding hydrogens is 325 g/mol. The van der Waals surface area contributed by atoms with Gasteiger partial charge in [-0.1, -0.05) is 53.1 Å². The predicted octanol–water partition coefficient (Wildman–Crippen LogP) is 4.33. The summed E-state index contributed by atoms with van der Waals surface area (Å²) in [5, 5.41) is 4.84. The van der Waals surface area contributed by atoms with Gasteiger partial charge in [0, 0.05) is 5.57 Å². The lowest BCUT2D eigenvalue weighted by molar-refractivity contribution is -0.104. The number of rotatable bonds is 6. The molecule has 0 aliphatic carbocycles. The van der Waals surface area contributed by atoms with Crippen molar-refractivity contribution >= 4 is 35.5 Å². The summed E-state index contributed by atoms with van der Waals surface area (Å²) in [6.45, 7) is 6.73. The second kappa shape index (κ2) is 7.79. The Hall–Kier alpha value is -1.33. The van der Waals surface area contributed by atoms with Crippen molar-refractivity contribution in [2.75, 3.05) is 19.8 Å². The smallest absolute Gasteiger partial charge is 0.193 e. The van der Waals surface area contributed by atoms with Gasteiger partial charge in [-0.3, -0.25) is 0 Å². The Morgan fingerprint density at radius 2 is 2.14 bits per heavy atom.